The van der Waals surface area contributed by atoms with E-state index in [-0.39, 0.29) is 24.4 Å². The van der Waals surface area contributed by atoms with Gasteiger partial charge in [-0.2, -0.15) is 26.3 Å². The zero-order valence-corrected chi connectivity index (χ0v) is 26.4. The van der Waals surface area contributed by atoms with Crippen molar-refractivity contribution >= 4 is 29.6 Å². The molecule has 2 atom stereocenters. The summed E-state index contributed by atoms with van der Waals surface area (Å²) in [6, 6.07) is 5.72. The van der Waals surface area contributed by atoms with E-state index in [0.717, 1.165) is 25.1 Å². The van der Waals surface area contributed by atoms with Gasteiger partial charge < -0.3 is 14.7 Å². The summed E-state index contributed by atoms with van der Waals surface area (Å²) in [4.78, 5) is 37.1. The van der Waals surface area contributed by atoms with Gasteiger partial charge in [0.05, 0.1) is 35.3 Å². The first-order valence-electron chi connectivity index (χ1n) is 15.5. The minimum Gasteiger partial charge on any atom is -0.481 e. The van der Waals surface area contributed by atoms with Crippen LogP contribution in [-0.4, -0.2) is 51.2 Å². The first-order valence-corrected chi connectivity index (χ1v) is 15.9. The molecular weight excluding hydrogens is 666 g/mol. The van der Waals surface area contributed by atoms with Gasteiger partial charge in [0.25, 0.3) is 0 Å². The Kier molecular flexibility index (Phi) is 8.98. The Morgan fingerprint density at radius 1 is 0.958 bits per heavy atom. The molecule has 0 spiro atoms. The van der Waals surface area contributed by atoms with Gasteiger partial charge in [0.1, 0.15) is 6.10 Å². The number of rotatable bonds is 7. The number of alkyl halides is 6. The topological polar surface area (TPSA) is 95.9 Å². The molecule has 256 valence electrons. The molecule has 0 radical (unpaired) electrons. The van der Waals surface area contributed by atoms with E-state index in [9.17, 15) is 41.0 Å². The number of ether oxygens (including phenoxy) is 1. The molecule has 1 unspecified atom stereocenters. The molecular formula is C33H31ClF6N4O4. The second kappa shape index (κ2) is 12.8. The van der Waals surface area contributed by atoms with Crippen molar-refractivity contribution in [2.45, 2.75) is 76.0 Å². The molecule has 48 heavy (non-hydrogen) atoms. The molecule has 8 nitrogen and oxygen atoms in total. The Morgan fingerprint density at radius 2 is 1.60 bits per heavy atom. The number of aliphatic carboxylic acids is 1. The van der Waals surface area contributed by atoms with Gasteiger partial charge >= 0.3 is 24.4 Å². The maximum absolute atomic E-state index is 13.6. The Labute approximate surface area is 276 Å². The predicted octanol–water partition coefficient (Wildman–Crippen LogP) is 8.49. The van der Waals surface area contributed by atoms with Crippen molar-refractivity contribution in [3.8, 4) is 11.1 Å². The molecule has 1 aliphatic carbocycles. The maximum Gasteiger partial charge on any atom is 0.416 e. The van der Waals surface area contributed by atoms with Crippen LogP contribution in [0.15, 0.2) is 42.6 Å². The number of amides is 1. The second-order valence-corrected chi connectivity index (χ2v) is 12.9. The summed E-state index contributed by atoms with van der Waals surface area (Å²) in [5.41, 5.74) is -1.05. The van der Waals surface area contributed by atoms with Gasteiger partial charge in [0, 0.05) is 35.4 Å². The normalized spacial score (nSPS) is 23.2. The van der Waals surface area contributed by atoms with Gasteiger partial charge in [-0.25, -0.2) is 14.8 Å². The van der Waals surface area contributed by atoms with Crippen LogP contribution >= 0.6 is 11.6 Å². The molecule has 3 heterocycles. The number of cyclic esters (lactones) is 1. The molecule has 3 aliphatic rings. The zero-order chi connectivity index (χ0) is 34.5. The fourth-order valence-corrected chi connectivity index (χ4v) is 6.78. The van der Waals surface area contributed by atoms with Crippen LogP contribution < -0.4 is 4.90 Å². The van der Waals surface area contributed by atoms with Gasteiger partial charge in [-0.1, -0.05) is 17.7 Å². The van der Waals surface area contributed by atoms with E-state index in [2.05, 4.69) is 4.98 Å². The van der Waals surface area contributed by atoms with E-state index in [4.69, 9.17) is 21.3 Å². The molecule has 1 aromatic heterocycles. The van der Waals surface area contributed by atoms with Crippen LogP contribution in [-0.2, 0) is 28.4 Å². The van der Waals surface area contributed by atoms with Crippen molar-refractivity contribution in [3.05, 3.63) is 75.6 Å². The van der Waals surface area contributed by atoms with E-state index >= 15 is 0 Å². The standard InChI is InChI=1S/C33H31ClF6N4O4/c1-17-28(21-11-22(32(35,36)37)14-23(12-21)33(38,39)40)48-31(47)44(17)16-27-25(15-41-30(42-27)43-9-2-10-43)24-13-20(7-8-26(24)34)18-3-5-19(6-4-18)29(45)46/h7-8,11-15,17-19,28H,2-6,9-10,16H2,1H3,(H,45,46)/t17-,18?,19?,28?/m0/s1. The number of aromatic nitrogens is 2. The van der Waals surface area contributed by atoms with Crippen LogP contribution in [0, 0.1) is 5.92 Å². The minimum atomic E-state index is -5.06. The van der Waals surface area contributed by atoms with Crippen molar-refractivity contribution in [1.29, 1.82) is 0 Å². The molecule has 2 saturated heterocycles. The van der Waals surface area contributed by atoms with Gasteiger partial charge in [-0.3, -0.25) is 9.69 Å². The van der Waals surface area contributed by atoms with E-state index < -0.39 is 53.3 Å². The van der Waals surface area contributed by atoms with Crippen molar-refractivity contribution in [3.63, 3.8) is 0 Å². The quantitative estimate of drug-likeness (QED) is 0.248. The molecule has 1 N–H and O–H groups in total. The molecule has 1 saturated carbocycles. The lowest BCUT2D eigenvalue weighted by atomic mass is 9.78. The van der Waals surface area contributed by atoms with Crippen LogP contribution in [0.25, 0.3) is 11.1 Å². The van der Waals surface area contributed by atoms with Gasteiger partial charge in [0.2, 0.25) is 5.95 Å². The number of nitrogens with zero attached hydrogens (tertiary/aromatic N) is 4. The van der Waals surface area contributed by atoms with Crippen LogP contribution in [0.1, 0.15) is 79.0 Å². The average Bonchev–Trinajstić information content (AvgIpc) is 3.28. The largest absolute Gasteiger partial charge is 0.481 e. The Bertz CT molecular complexity index is 1690. The number of carboxylic acids is 1. The molecule has 6 rings (SSSR count). The van der Waals surface area contributed by atoms with Crippen LogP contribution in [0.5, 0.6) is 0 Å². The number of anilines is 1. The first-order chi connectivity index (χ1) is 22.6. The number of hydrogen-bond donors (Lipinski definition) is 1. The highest BCUT2D eigenvalue weighted by Crippen LogP contribution is 2.43. The molecule has 2 aromatic carbocycles. The van der Waals surface area contributed by atoms with E-state index in [0.29, 0.717) is 65.6 Å². The number of carbonyl (C=O) groups is 2. The number of carbonyl (C=O) groups excluding carboxylic acids is 1. The molecule has 1 amide bonds. The third-order valence-corrected chi connectivity index (χ3v) is 9.80. The Hall–Kier alpha value is -4.07. The summed E-state index contributed by atoms with van der Waals surface area (Å²) < 4.78 is 87.0. The van der Waals surface area contributed by atoms with Crippen LogP contribution in [0.2, 0.25) is 5.02 Å². The number of benzene rings is 2. The fraction of sp³-hybridized carbons (Fsp3) is 0.455. The predicted molar refractivity (Wildman–Crippen MR) is 162 cm³/mol. The lowest BCUT2D eigenvalue weighted by Gasteiger charge is -2.31. The average molecular weight is 697 g/mol. The zero-order valence-electron chi connectivity index (χ0n) is 25.6. The van der Waals surface area contributed by atoms with Crippen molar-refractivity contribution in [2.75, 3.05) is 18.0 Å². The summed E-state index contributed by atoms with van der Waals surface area (Å²) in [6.45, 7) is 2.73. The van der Waals surface area contributed by atoms with Crippen molar-refractivity contribution < 1.29 is 45.8 Å². The molecule has 3 fully saturated rings. The number of carboxylic acid groups (broad SMARTS) is 1. The highest BCUT2D eigenvalue weighted by Gasteiger charge is 2.44. The third kappa shape index (κ3) is 6.76. The number of hydrogen-bond acceptors (Lipinski definition) is 6. The molecule has 15 heteroatoms. The first kappa shape index (κ1) is 33.8. The van der Waals surface area contributed by atoms with Crippen LogP contribution in [0.4, 0.5) is 37.1 Å². The summed E-state index contributed by atoms with van der Waals surface area (Å²) in [5.74, 6) is -0.683. The highest BCUT2D eigenvalue weighted by molar-refractivity contribution is 6.33. The lowest BCUT2D eigenvalue weighted by Crippen LogP contribution is -2.39. The number of halogens is 7. The Balaban J connectivity index is 1.33. The Morgan fingerprint density at radius 3 is 2.17 bits per heavy atom. The van der Waals surface area contributed by atoms with Gasteiger partial charge in [-0.15, -0.1) is 0 Å². The minimum absolute atomic E-state index is 0.0306. The maximum atomic E-state index is 13.6. The lowest BCUT2D eigenvalue weighted by molar-refractivity contribution is -0.144. The molecule has 3 aromatic rings. The van der Waals surface area contributed by atoms with E-state index in [1.54, 1.807) is 12.3 Å². The van der Waals surface area contributed by atoms with Gasteiger partial charge in [0.15, 0.2) is 0 Å². The molecule has 0 bridgehead atoms. The van der Waals surface area contributed by atoms with Crippen molar-refractivity contribution in [2.24, 2.45) is 5.92 Å². The molecule has 2 aliphatic heterocycles. The smallest absolute Gasteiger partial charge is 0.416 e. The summed E-state index contributed by atoms with van der Waals surface area (Å²) in [7, 11) is 0. The van der Waals surface area contributed by atoms with Gasteiger partial charge in [-0.05, 0) is 86.4 Å². The summed E-state index contributed by atoms with van der Waals surface area (Å²) in [5, 5.41) is 9.77. The monoisotopic (exact) mass is 696 g/mol. The summed E-state index contributed by atoms with van der Waals surface area (Å²) in [6.07, 6.45) is -7.49. The third-order valence-electron chi connectivity index (χ3n) is 9.47. The van der Waals surface area contributed by atoms with E-state index in [1.807, 2.05) is 17.0 Å². The fourth-order valence-electron chi connectivity index (χ4n) is 6.56. The SMILES string of the molecule is C[C@H]1C(c2cc(C(F)(F)F)cc(C(F)(F)F)c2)OC(=O)N1Cc1nc(N2CCC2)ncc1-c1cc(C2CCC(C(=O)O)CC2)ccc1Cl. The summed E-state index contributed by atoms with van der Waals surface area (Å²) >= 11 is 6.69. The van der Waals surface area contributed by atoms with Crippen LogP contribution in [0.3, 0.4) is 0 Å². The highest BCUT2D eigenvalue weighted by atomic mass is 35.5. The van der Waals surface area contributed by atoms with Crippen molar-refractivity contribution in [1.82, 2.24) is 14.9 Å². The second-order valence-electron chi connectivity index (χ2n) is 12.5. The van der Waals surface area contributed by atoms with E-state index in [1.165, 1.54) is 11.8 Å².